The van der Waals surface area contributed by atoms with Gasteiger partial charge in [0.2, 0.25) is 0 Å². The summed E-state index contributed by atoms with van der Waals surface area (Å²) in [5.74, 6) is 0.0226. The van der Waals surface area contributed by atoms with E-state index in [9.17, 15) is 35.9 Å². The van der Waals surface area contributed by atoms with Crippen molar-refractivity contribution in [2.45, 2.75) is 135 Å². The first-order chi connectivity index (χ1) is 23.3. The van der Waals surface area contributed by atoms with E-state index in [2.05, 4.69) is 22.3 Å². The summed E-state index contributed by atoms with van der Waals surface area (Å²) in [6.07, 6.45) is -7.95. The second kappa shape index (κ2) is 15.8. The lowest BCUT2D eigenvalue weighted by Crippen LogP contribution is -2.42. The van der Waals surface area contributed by atoms with Gasteiger partial charge in [0, 0.05) is 37.8 Å². The van der Waals surface area contributed by atoms with E-state index in [1.54, 1.807) is 25.7 Å². The van der Waals surface area contributed by atoms with Crippen LogP contribution in [0.25, 0.3) is 0 Å². The minimum Gasteiger partial charge on any atom is -0.444 e. The number of ether oxygens (including phenoxy) is 2. The van der Waals surface area contributed by atoms with Crippen molar-refractivity contribution in [2.24, 2.45) is 12.8 Å². The zero-order valence-corrected chi connectivity index (χ0v) is 30.6. The molecule has 2 saturated heterocycles. The molecule has 12 nitrogen and oxygen atoms in total. The fraction of sp³-hybridized carbons (Fsp3) is 0.727. The Balaban J connectivity index is 0.000000391. The molecule has 1 aromatic heterocycles. The molecule has 0 radical (unpaired) electrons. The third-order valence-corrected chi connectivity index (χ3v) is 8.23. The Morgan fingerprint density at radius 1 is 0.824 bits per heavy atom. The number of nitrogens with zero attached hydrogens (tertiary/aromatic N) is 7. The molecule has 2 fully saturated rings. The number of likely N-dealkylation sites (tertiary alicyclic amines) is 2. The van der Waals surface area contributed by atoms with Crippen LogP contribution >= 0.6 is 0 Å². The van der Waals surface area contributed by atoms with E-state index in [0.29, 0.717) is 31.5 Å². The number of nitrogens with two attached hydrogens (primary N) is 1. The topological polar surface area (TPSA) is 132 Å². The van der Waals surface area contributed by atoms with Crippen LogP contribution in [-0.2, 0) is 35.4 Å². The third kappa shape index (κ3) is 11.9. The number of amides is 2. The van der Waals surface area contributed by atoms with Gasteiger partial charge in [-0.3, -0.25) is 0 Å². The molecule has 4 atom stereocenters. The van der Waals surface area contributed by atoms with Gasteiger partial charge in [0.15, 0.2) is 0 Å². The van der Waals surface area contributed by atoms with Crippen molar-refractivity contribution in [3.63, 3.8) is 0 Å². The van der Waals surface area contributed by atoms with Gasteiger partial charge in [-0.25, -0.2) is 9.59 Å². The average Bonchev–Trinajstić information content (AvgIpc) is 3.71. The monoisotopic (exact) mass is 736 g/mol. The van der Waals surface area contributed by atoms with Gasteiger partial charge in [-0.05, 0) is 96.2 Å². The third-order valence-electron chi connectivity index (χ3n) is 8.23. The molecule has 2 aliphatic rings. The van der Waals surface area contributed by atoms with E-state index in [-0.39, 0.29) is 54.9 Å². The predicted molar refractivity (Wildman–Crippen MR) is 176 cm³/mol. The number of rotatable bonds is 6. The zero-order chi connectivity index (χ0) is 38.7. The van der Waals surface area contributed by atoms with E-state index >= 15 is 0 Å². The van der Waals surface area contributed by atoms with E-state index in [0.717, 1.165) is 17.6 Å². The standard InChI is InChI=1S/C22H28F6N6O2.C11H22N2O2/c1-6-16-10-17(12-34(16)19(35)36-20(2,3)4)33(18-29-31-32(5)30-18)11-13-7-14(21(23,24)25)9-15(8-13)22(26,27)28;1-5-9-6-8(12)7-13(9)10(14)15-11(2,3)4/h7-9,16-17H,6,10-12H2,1-5H3;8-9H,5-7,12H2,1-4H3/t16-,17+;8-,9+/m10/s1. The predicted octanol–water partition coefficient (Wildman–Crippen LogP) is 6.78. The number of halogens is 6. The Bertz CT molecular complexity index is 1450. The maximum Gasteiger partial charge on any atom is 0.416 e. The lowest BCUT2D eigenvalue weighted by Gasteiger charge is -2.29. The average molecular weight is 737 g/mol. The summed E-state index contributed by atoms with van der Waals surface area (Å²) < 4.78 is 91.2. The van der Waals surface area contributed by atoms with Gasteiger partial charge >= 0.3 is 24.5 Å². The number of hydrogen-bond acceptors (Lipinski definition) is 9. The van der Waals surface area contributed by atoms with Gasteiger partial charge in [0.1, 0.15) is 11.2 Å². The fourth-order valence-electron chi connectivity index (χ4n) is 5.99. The van der Waals surface area contributed by atoms with E-state index in [4.69, 9.17) is 15.2 Å². The number of anilines is 1. The lowest BCUT2D eigenvalue weighted by atomic mass is 10.0. The van der Waals surface area contributed by atoms with Crippen LogP contribution in [0.1, 0.15) is 97.8 Å². The van der Waals surface area contributed by atoms with Gasteiger partial charge in [0.25, 0.3) is 5.95 Å². The first-order valence-electron chi connectivity index (χ1n) is 16.8. The van der Waals surface area contributed by atoms with Crippen molar-refractivity contribution in [1.82, 2.24) is 30.0 Å². The van der Waals surface area contributed by atoms with Crippen LogP contribution in [-0.4, -0.2) is 90.7 Å². The molecular weight excluding hydrogens is 686 g/mol. The number of aromatic nitrogens is 4. The molecule has 2 aliphatic heterocycles. The van der Waals surface area contributed by atoms with Crippen molar-refractivity contribution < 1.29 is 45.4 Å². The highest BCUT2D eigenvalue weighted by Gasteiger charge is 2.42. The molecule has 4 rings (SSSR count). The van der Waals surface area contributed by atoms with E-state index < -0.39 is 46.8 Å². The van der Waals surface area contributed by atoms with Crippen LogP contribution in [0.15, 0.2) is 18.2 Å². The Hall–Kier alpha value is -3.83. The molecule has 0 aliphatic carbocycles. The van der Waals surface area contributed by atoms with Gasteiger partial charge in [-0.15, -0.1) is 5.10 Å². The van der Waals surface area contributed by atoms with Crippen molar-refractivity contribution in [3.05, 3.63) is 34.9 Å². The second-order valence-electron chi connectivity index (χ2n) is 14.9. The Kier molecular flexibility index (Phi) is 12.9. The molecule has 2 amide bonds. The van der Waals surface area contributed by atoms with Crippen LogP contribution in [0.5, 0.6) is 0 Å². The van der Waals surface area contributed by atoms with E-state index in [1.807, 2.05) is 27.7 Å². The van der Waals surface area contributed by atoms with Crippen molar-refractivity contribution >= 4 is 18.1 Å². The van der Waals surface area contributed by atoms with Crippen LogP contribution in [0.4, 0.5) is 41.9 Å². The van der Waals surface area contributed by atoms with Crippen LogP contribution in [0.3, 0.4) is 0 Å². The molecule has 288 valence electrons. The van der Waals surface area contributed by atoms with Gasteiger partial charge < -0.3 is 29.9 Å². The number of tetrazole rings is 1. The Labute approximate surface area is 294 Å². The molecule has 0 spiro atoms. The normalized spacial score (nSPS) is 21.3. The summed E-state index contributed by atoms with van der Waals surface area (Å²) in [5, 5.41) is 11.8. The summed E-state index contributed by atoms with van der Waals surface area (Å²) in [6, 6.07) is 1.03. The molecule has 0 saturated carbocycles. The first kappa shape index (κ1) is 41.6. The number of carbonyl (C=O) groups excluding carboxylic acids is 2. The van der Waals surface area contributed by atoms with Gasteiger partial charge in [-0.1, -0.05) is 18.9 Å². The largest absolute Gasteiger partial charge is 0.444 e. The SMILES string of the molecule is CC[C@@H]1C[C@H](N(Cc2cc(C(F)(F)F)cc(C(F)(F)F)c2)c2nnn(C)n2)CN1C(=O)OC(C)(C)C.CC[C@@H]1C[C@H](N)CN1C(=O)OC(C)(C)C. The maximum atomic E-state index is 13.4. The minimum absolute atomic E-state index is 0.0226. The Morgan fingerprint density at radius 2 is 1.29 bits per heavy atom. The first-order valence-corrected chi connectivity index (χ1v) is 16.8. The number of benzene rings is 1. The number of hydrogen-bond donors (Lipinski definition) is 1. The summed E-state index contributed by atoms with van der Waals surface area (Å²) >= 11 is 0. The summed E-state index contributed by atoms with van der Waals surface area (Å²) in [4.78, 5) is 30.5. The van der Waals surface area contributed by atoms with Crippen molar-refractivity contribution in [2.75, 3.05) is 18.0 Å². The summed E-state index contributed by atoms with van der Waals surface area (Å²) in [6.45, 7) is 15.1. The van der Waals surface area contributed by atoms with Crippen LogP contribution in [0.2, 0.25) is 0 Å². The molecule has 0 bridgehead atoms. The van der Waals surface area contributed by atoms with Crippen molar-refractivity contribution in [1.29, 1.82) is 0 Å². The fourth-order valence-corrected chi connectivity index (χ4v) is 5.99. The molecular formula is C33H50F6N8O4. The molecule has 1 aromatic carbocycles. The van der Waals surface area contributed by atoms with Crippen molar-refractivity contribution in [3.8, 4) is 0 Å². The smallest absolute Gasteiger partial charge is 0.416 e. The summed E-state index contributed by atoms with van der Waals surface area (Å²) in [5.41, 5.74) is 1.62. The second-order valence-corrected chi connectivity index (χ2v) is 14.9. The zero-order valence-electron chi connectivity index (χ0n) is 30.6. The maximum absolute atomic E-state index is 13.4. The highest BCUT2D eigenvalue weighted by atomic mass is 19.4. The van der Waals surface area contributed by atoms with E-state index in [1.165, 1.54) is 16.8 Å². The molecule has 3 heterocycles. The molecule has 0 unspecified atom stereocenters. The van der Waals surface area contributed by atoms with Crippen LogP contribution in [0, 0.1) is 0 Å². The highest BCUT2D eigenvalue weighted by Crippen LogP contribution is 2.37. The lowest BCUT2D eigenvalue weighted by molar-refractivity contribution is -0.143. The summed E-state index contributed by atoms with van der Waals surface area (Å²) in [7, 11) is 1.48. The number of carbonyl (C=O) groups is 2. The van der Waals surface area contributed by atoms with Crippen LogP contribution < -0.4 is 10.6 Å². The molecule has 18 heteroatoms. The molecule has 2 N–H and O–H groups in total. The van der Waals surface area contributed by atoms with Gasteiger partial charge in [-0.2, -0.15) is 31.1 Å². The molecule has 2 aromatic rings. The number of alkyl halides is 6. The quantitative estimate of drug-likeness (QED) is 0.319. The minimum atomic E-state index is -4.97. The number of aryl methyl sites for hydroxylation is 1. The highest BCUT2D eigenvalue weighted by molar-refractivity contribution is 5.69. The van der Waals surface area contributed by atoms with Gasteiger partial charge in [0.05, 0.1) is 24.2 Å². The molecule has 51 heavy (non-hydrogen) atoms. The Morgan fingerprint density at radius 3 is 1.71 bits per heavy atom.